The van der Waals surface area contributed by atoms with Crippen molar-refractivity contribution in [1.29, 1.82) is 0 Å². The highest BCUT2D eigenvalue weighted by Crippen LogP contribution is 2.31. The molecule has 0 aliphatic rings. The average Bonchev–Trinajstić information content (AvgIpc) is 2.95. The Bertz CT molecular complexity index is 907. The Morgan fingerprint density at radius 1 is 1.04 bits per heavy atom. The maximum Gasteiger partial charge on any atom is 0.449 e. The second kappa shape index (κ2) is 6.16. The number of alkyl halides is 3. The lowest BCUT2D eigenvalue weighted by Crippen LogP contribution is -2.19. The molecule has 0 fully saturated rings. The number of fused-ring (bicyclic) bond motifs is 1. The van der Waals surface area contributed by atoms with Crippen molar-refractivity contribution in [1.82, 2.24) is 9.97 Å². The van der Waals surface area contributed by atoms with Gasteiger partial charge in [-0.1, -0.05) is 18.2 Å². The number of imidazole rings is 1. The molecule has 3 aromatic rings. The van der Waals surface area contributed by atoms with Crippen molar-refractivity contribution >= 4 is 44.4 Å². The monoisotopic (exact) mass is 398 g/mol. The molecule has 24 heavy (non-hydrogen) atoms. The second-order valence-corrected chi connectivity index (χ2v) is 5.70. The third-order valence-electron chi connectivity index (χ3n) is 3.15. The fraction of sp³-hybridized carbons (Fsp3) is 0.0667. The van der Waals surface area contributed by atoms with Gasteiger partial charge in [0.1, 0.15) is 5.52 Å². The third kappa shape index (κ3) is 3.35. The van der Waals surface area contributed by atoms with Gasteiger partial charge in [-0.05, 0) is 40.2 Å². The molecule has 5 nitrogen and oxygen atoms in total. The van der Waals surface area contributed by atoms with Crippen molar-refractivity contribution < 1.29 is 18.0 Å². The van der Waals surface area contributed by atoms with E-state index in [0.29, 0.717) is 10.2 Å². The van der Waals surface area contributed by atoms with Gasteiger partial charge in [0.15, 0.2) is 0 Å². The number of anilines is 2. The molecule has 0 saturated carbocycles. The Labute approximate surface area is 142 Å². The van der Waals surface area contributed by atoms with E-state index in [1.54, 1.807) is 24.3 Å². The minimum absolute atomic E-state index is 0.0344. The predicted octanol–water partition coefficient (Wildman–Crippen LogP) is 4.99. The number of urea groups is 1. The number of rotatable bonds is 2. The van der Waals surface area contributed by atoms with Crippen LogP contribution in [0.3, 0.4) is 0 Å². The van der Waals surface area contributed by atoms with Crippen LogP contribution in [0.4, 0.5) is 29.3 Å². The number of aromatic amines is 1. The first kappa shape index (κ1) is 16.3. The summed E-state index contributed by atoms with van der Waals surface area (Å²) >= 11 is 3.29. The zero-order valence-corrected chi connectivity index (χ0v) is 13.5. The lowest BCUT2D eigenvalue weighted by atomic mass is 10.2. The van der Waals surface area contributed by atoms with Crippen molar-refractivity contribution in [2.24, 2.45) is 0 Å². The number of aromatic nitrogens is 2. The molecule has 0 aliphatic heterocycles. The van der Waals surface area contributed by atoms with Crippen LogP contribution >= 0.6 is 15.9 Å². The Balaban J connectivity index is 1.86. The van der Waals surface area contributed by atoms with Crippen LogP contribution in [0.2, 0.25) is 0 Å². The number of para-hydroxylation sites is 2. The smallest absolute Gasteiger partial charge is 0.334 e. The highest BCUT2D eigenvalue weighted by Gasteiger charge is 2.35. The van der Waals surface area contributed by atoms with Crippen molar-refractivity contribution in [3.05, 3.63) is 52.8 Å². The van der Waals surface area contributed by atoms with E-state index in [1.165, 1.54) is 18.2 Å². The van der Waals surface area contributed by atoms with Gasteiger partial charge in [0.25, 0.3) is 0 Å². The van der Waals surface area contributed by atoms with Crippen molar-refractivity contribution in [3.63, 3.8) is 0 Å². The molecular weight excluding hydrogens is 389 g/mol. The number of halogens is 4. The second-order valence-electron chi connectivity index (χ2n) is 4.84. The lowest BCUT2D eigenvalue weighted by Gasteiger charge is -2.09. The molecule has 0 aliphatic carbocycles. The summed E-state index contributed by atoms with van der Waals surface area (Å²) in [6.45, 7) is 0. The first-order chi connectivity index (χ1) is 11.3. The molecule has 0 bridgehead atoms. The van der Waals surface area contributed by atoms with E-state index in [4.69, 9.17) is 0 Å². The topological polar surface area (TPSA) is 69.8 Å². The molecule has 0 unspecified atom stereocenters. The lowest BCUT2D eigenvalue weighted by molar-refractivity contribution is -0.144. The third-order valence-corrected chi connectivity index (χ3v) is 3.84. The Morgan fingerprint density at radius 2 is 1.71 bits per heavy atom. The first-order valence-electron chi connectivity index (χ1n) is 6.73. The highest BCUT2D eigenvalue weighted by atomic mass is 79.9. The summed E-state index contributed by atoms with van der Waals surface area (Å²) in [6, 6.07) is 10.8. The van der Waals surface area contributed by atoms with Gasteiger partial charge in [-0.2, -0.15) is 13.2 Å². The van der Waals surface area contributed by atoms with Crippen LogP contribution in [0.5, 0.6) is 0 Å². The fourth-order valence-corrected chi connectivity index (χ4v) is 2.49. The molecule has 0 radical (unpaired) electrons. The van der Waals surface area contributed by atoms with Crippen molar-refractivity contribution in [3.8, 4) is 0 Å². The number of amides is 2. The van der Waals surface area contributed by atoms with Gasteiger partial charge in [0.2, 0.25) is 5.82 Å². The molecule has 0 spiro atoms. The summed E-state index contributed by atoms with van der Waals surface area (Å²) < 4.78 is 38.9. The molecule has 1 aromatic heterocycles. The minimum atomic E-state index is -4.59. The largest absolute Gasteiger partial charge is 0.449 e. The number of hydrogen-bond acceptors (Lipinski definition) is 2. The van der Waals surface area contributed by atoms with Gasteiger partial charge >= 0.3 is 12.2 Å². The summed E-state index contributed by atoms with van der Waals surface area (Å²) in [6.07, 6.45) is -4.59. The number of nitrogens with zero attached hydrogens (tertiary/aromatic N) is 1. The van der Waals surface area contributed by atoms with Gasteiger partial charge in [-0.25, -0.2) is 9.78 Å². The van der Waals surface area contributed by atoms with E-state index in [9.17, 15) is 18.0 Å². The minimum Gasteiger partial charge on any atom is -0.334 e. The van der Waals surface area contributed by atoms with E-state index >= 15 is 0 Å². The quantitative estimate of drug-likeness (QED) is 0.569. The van der Waals surface area contributed by atoms with Crippen LogP contribution in [0.1, 0.15) is 5.82 Å². The van der Waals surface area contributed by atoms with Gasteiger partial charge in [0, 0.05) is 4.47 Å². The molecule has 0 saturated heterocycles. The number of carbonyl (C=O) groups is 1. The van der Waals surface area contributed by atoms with Gasteiger partial charge in [-0.15, -0.1) is 0 Å². The molecule has 0 atom stereocenters. The highest BCUT2D eigenvalue weighted by molar-refractivity contribution is 9.10. The first-order valence-corrected chi connectivity index (χ1v) is 7.52. The normalized spacial score (nSPS) is 11.5. The van der Waals surface area contributed by atoms with E-state index in [2.05, 4.69) is 36.5 Å². The molecule has 124 valence electrons. The standard InChI is InChI=1S/C15H10BrF3N4O/c16-8-4-1-2-5-9(8)21-14(24)22-11-7-3-6-10-12(11)23-13(20-10)15(17,18)19/h1-7H,(H,20,23)(H2,21,22,24). The molecule has 3 N–H and O–H groups in total. The summed E-state index contributed by atoms with van der Waals surface area (Å²) in [5, 5.41) is 5.11. The maximum absolute atomic E-state index is 12.8. The van der Waals surface area contributed by atoms with Crippen LogP contribution < -0.4 is 10.6 Å². The van der Waals surface area contributed by atoms with Gasteiger partial charge < -0.3 is 15.6 Å². The van der Waals surface area contributed by atoms with Gasteiger partial charge in [-0.3, -0.25) is 0 Å². The average molecular weight is 399 g/mol. The fourth-order valence-electron chi connectivity index (χ4n) is 2.11. The summed E-state index contributed by atoms with van der Waals surface area (Å²) in [7, 11) is 0. The van der Waals surface area contributed by atoms with Crippen LogP contribution in [-0.2, 0) is 6.18 Å². The number of H-pyrrole nitrogens is 1. The summed E-state index contributed by atoms with van der Waals surface area (Å²) in [5.41, 5.74) is 0.914. The maximum atomic E-state index is 12.8. The number of benzene rings is 2. The number of carbonyl (C=O) groups excluding carboxylic acids is 1. The van der Waals surface area contributed by atoms with E-state index in [0.717, 1.165) is 0 Å². The van der Waals surface area contributed by atoms with Crippen LogP contribution in [0.15, 0.2) is 46.9 Å². The molecular formula is C15H10BrF3N4O. The number of nitrogens with one attached hydrogen (secondary N) is 3. The molecule has 2 amide bonds. The zero-order chi connectivity index (χ0) is 17.3. The van der Waals surface area contributed by atoms with Crippen LogP contribution in [-0.4, -0.2) is 16.0 Å². The Morgan fingerprint density at radius 3 is 2.42 bits per heavy atom. The zero-order valence-electron chi connectivity index (χ0n) is 11.9. The van der Waals surface area contributed by atoms with Crippen molar-refractivity contribution in [2.45, 2.75) is 6.18 Å². The molecule has 2 aromatic carbocycles. The summed E-state index contributed by atoms with van der Waals surface area (Å²) in [4.78, 5) is 17.8. The SMILES string of the molecule is O=C(Nc1ccccc1Br)Nc1cccc2[nH]c(C(F)(F)F)nc12. The predicted molar refractivity (Wildman–Crippen MR) is 87.9 cm³/mol. The Hall–Kier alpha value is -2.55. The van der Waals surface area contributed by atoms with E-state index in [-0.39, 0.29) is 16.7 Å². The molecule has 9 heteroatoms. The summed E-state index contributed by atoms with van der Waals surface area (Å²) in [5.74, 6) is -1.11. The molecule has 3 rings (SSSR count). The van der Waals surface area contributed by atoms with Crippen LogP contribution in [0, 0.1) is 0 Å². The molecule has 1 heterocycles. The van der Waals surface area contributed by atoms with E-state index < -0.39 is 18.0 Å². The van der Waals surface area contributed by atoms with Gasteiger partial charge in [0.05, 0.1) is 16.9 Å². The van der Waals surface area contributed by atoms with Crippen LogP contribution in [0.25, 0.3) is 11.0 Å². The van der Waals surface area contributed by atoms with Crippen molar-refractivity contribution in [2.75, 3.05) is 10.6 Å². The number of hydrogen-bond donors (Lipinski definition) is 3. The Kier molecular flexibility index (Phi) is 4.18. The van der Waals surface area contributed by atoms with E-state index in [1.807, 2.05) is 0 Å².